The Labute approximate surface area is 80.1 Å². The second-order valence-corrected chi connectivity index (χ2v) is 4.94. The smallest absolute Gasteiger partial charge is 0.223 e. The Balaban J connectivity index is 1.77. The summed E-state index contributed by atoms with van der Waals surface area (Å²) < 4.78 is 0. The number of nitrogens with one attached hydrogen (secondary N) is 1. The van der Waals surface area contributed by atoms with Gasteiger partial charge < -0.3 is 5.32 Å². The number of carbonyl (C=O) groups excluding carboxylic acids is 1. The van der Waals surface area contributed by atoms with Crippen molar-refractivity contribution in [1.82, 2.24) is 5.32 Å². The lowest BCUT2D eigenvalue weighted by Gasteiger charge is -2.09. The van der Waals surface area contributed by atoms with E-state index in [1.807, 2.05) is 0 Å². The molecule has 0 heterocycles. The van der Waals surface area contributed by atoms with Crippen molar-refractivity contribution in [3.8, 4) is 0 Å². The molecule has 4 atom stereocenters. The topological polar surface area (TPSA) is 29.1 Å². The van der Waals surface area contributed by atoms with Gasteiger partial charge in [-0.15, -0.1) is 0 Å². The molecule has 2 rings (SSSR count). The van der Waals surface area contributed by atoms with E-state index >= 15 is 0 Å². The minimum Gasteiger partial charge on any atom is -0.353 e. The van der Waals surface area contributed by atoms with Gasteiger partial charge in [-0.2, -0.15) is 0 Å². The third kappa shape index (κ3) is 2.04. The maximum absolute atomic E-state index is 11.7. The van der Waals surface area contributed by atoms with Crippen LogP contribution in [0.15, 0.2) is 0 Å². The average molecular weight is 181 g/mol. The van der Waals surface area contributed by atoms with E-state index in [0.717, 1.165) is 24.7 Å². The van der Waals surface area contributed by atoms with Crippen molar-refractivity contribution in [2.24, 2.45) is 17.8 Å². The first-order chi connectivity index (χ1) is 6.16. The molecule has 2 nitrogen and oxygen atoms in total. The molecule has 1 N–H and O–H groups in total. The van der Waals surface area contributed by atoms with Crippen molar-refractivity contribution in [1.29, 1.82) is 0 Å². The Morgan fingerprint density at radius 1 is 1.23 bits per heavy atom. The molecule has 0 saturated heterocycles. The molecule has 13 heavy (non-hydrogen) atoms. The summed E-state index contributed by atoms with van der Waals surface area (Å²) in [5.41, 5.74) is 0. The number of rotatable bonds is 2. The van der Waals surface area contributed by atoms with Crippen molar-refractivity contribution >= 4 is 5.91 Å². The zero-order chi connectivity index (χ0) is 9.42. The normalized spacial score (nSPS) is 43.2. The molecule has 4 unspecified atom stereocenters. The van der Waals surface area contributed by atoms with Crippen LogP contribution in [-0.4, -0.2) is 11.9 Å². The second-order valence-electron chi connectivity index (χ2n) is 4.94. The molecule has 2 aliphatic rings. The van der Waals surface area contributed by atoms with E-state index in [4.69, 9.17) is 0 Å². The maximum Gasteiger partial charge on any atom is 0.223 e. The Kier molecular flexibility index (Phi) is 2.31. The van der Waals surface area contributed by atoms with E-state index in [-0.39, 0.29) is 0 Å². The molecule has 0 radical (unpaired) electrons. The van der Waals surface area contributed by atoms with Gasteiger partial charge in [0.25, 0.3) is 0 Å². The van der Waals surface area contributed by atoms with E-state index in [2.05, 4.69) is 19.2 Å². The van der Waals surface area contributed by atoms with Gasteiger partial charge in [-0.3, -0.25) is 4.79 Å². The molecule has 74 valence electrons. The highest BCUT2D eigenvalue weighted by atomic mass is 16.2. The van der Waals surface area contributed by atoms with E-state index < -0.39 is 0 Å². The van der Waals surface area contributed by atoms with Crippen LogP contribution in [-0.2, 0) is 4.79 Å². The summed E-state index contributed by atoms with van der Waals surface area (Å²) >= 11 is 0. The minimum absolute atomic E-state index is 0.318. The average Bonchev–Trinajstić information content (AvgIpc) is 2.62. The molecule has 0 aromatic rings. The third-order valence-electron chi connectivity index (χ3n) is 3.50. The molecule has 1 amide bonds. The monoisotopic (exact) mass is 181 g/mol. The molecule has 2 fully saturated rings. The van der Waals surface area contributed by atoms with Crippen LogP contribution in [0.3, 0.4) is 0 Å². The summed E-state index contributed by atoms with van der Waals surface area (Å²) in [6.07, 6.45) is 4.63. The van der Waals surface area contributed by atoms with Crippen LogP contribution >= 0.6 is 0 Å². The fourth-order valence-electron chi connectivity index (χ4n) is 2.27. The first-order valence-corrected chi connectivity index (χ1v) is 5.47. The first-order valence-electron chi connectivity index (χ1n) is 5.47. The molecular weight excluding hydrogens is 162 g/mol. The van der Waals surface area contributed by atoms with Crippen LogP contribution in [0.1, 0.15) is 39.5 Å². The zero-order valence-electron chi connectivity index (χ0n) is 8.55. The van der Waals surface area contributed by atoms with Gasteiger partial charge in [0, 0.05) is 12.0 Å². The maximum atomic E-state index is 11.7. The SMILES string of the molecule is CC1CCC(C(=O)NC2CC2C)C1. The lowest BCUT2D eigenvalue weighted by atomic mass is 10.1. The summed E-state index contributed by atoms with van der Waals surface area (Å²) in [7, 11) is 0. The highest BCUT2D eigenvalue weighted by molar-refractivity contribution is 5.79. The third-order valence-corrected chi connectivity index (χ3v) is 3.50. The van der Waals surface area contributed by atoms with Gasteiger partial charge in [-0.1, -0.05) is 13.8 Å². The Morgan fingerprint density at radius 3 is 2.38 bits per heavy atom. The van der Waals surface area contributed by atoms with Crippen LogP contribution in [0.2, 0.25) is 0 Å². The fourth-order valence-corrected chi connectivity index (χ4v) is 2.27. The van der Waals surface area contributed by atoms with E-state index in [1.54, 1.807) is 0 Å². The molecular formula is C11H19NO. The lowest BCUT2D eigenvalue weighted by Crippen LogP contribution is -2.31. The van der Waals surface area contributed by atoms with Crippen LogP contribution < -0.4 is 5.32 Å². The molecule has 0 bridgehead atoms. The summed E-state index contributed by atoms with van der Waals surface area (Å²) in [4.78, 5) is 11.7. The summed E-state index contributed by atoms with van der Waals surface area (Å²) in [5, 5.41) is 3.13. The van der Waals surface area contributed by atoms with E-state index in [0.29, 0.717) is 17.9 Å². The van der Waals surface area contributed by atoms with Crippen molar-refractivity contribution in [3.05, 3.63) is 0 Å². The molecule has 2 saturated carbocycles. The number of hydrogen-bond donors (Lipinski definition) is 1. The second kappa shape index (κ2) is 3.32. The van der Waals surface area contributed by atoms with Crippen molar-refractivity contribution < 1.29 is 4.79 Å². The van der Waals surface area contributed by atoms with Crippen LogP contribution in [0.5, 0.6) is 0 Å². The predicted molar refractivity (Wildman–Crippen MR) is 52.2 cm³/mol. The van der Waals surface area contributed by atoms with Crippen molar-refractivity contribution in [2.75, 3.05) is 0 Å². The summed E-state index contributed by atoms with van der Waals surface area (Å²) in [5.74, 6) is 2.12. The molecule has 0 aromatic carbocycles. The van der Waals surface area contributed by atoms with E-state index in [9.17, 15) is 4.79 Å². The van der Waals surface area contributed by atoms with Crippen LogP contribution in [0.4, 0.5) is 0 Å². The lowest BCUT2D eigenvalue weighted by molar-refractivity contribution is -0.125. The van der Waals surface area contributed by atoms with Gasteiger partial charge in [-0.25, -0.2) is 0 Å². The van der Waals surface area contributed by atoms with Gasteiger partial charge in [0.05, 0.1) is 0 Å². The fraction of sp³-hybridized carbons (Fsp3) is 0.909. The predicted octanol–water partition coefficient (Wildman–Crippen LogP) is 1.95. The first kappa shape index (κ1) is 9.04. The largest absolute Gasteiger partial charge is 0.353 e. The van der Waals surface area contributed by atoms with Gasteiger partial charge in [0.15, 0.2) is 0 Å². The number of amides is 1. The number of carbonyl (C=O) groups is 1. The van der Waals surface area contributed by atoms with Crippen molar-refractivity contribution in [2.45, 2.75) is 45.6 Å². The van der Waals surface area contributed by atoms with Crippen LogP contribution in [0, 0.1) is 17.8 Å². The number of hydrogen-bond acceptors (Lipinski definition) is 1. The molecule has 0 spiro atoms. The van der Waals surface area contributed by atoms with Crippen LogP contribution in [0.25, 0.3) is 0 Å². The van der Waals surface area contributed by atoms with Gasteiger partial charge >= 0.3 is 0 Å². The van der Waals surface area contributed by atoms with Gasteiger partial charge in [0.1, 0.15) is 0 Å². The minimum atomic E-state index is 0.318. The molecule has 0 aliphatic heterocycles. The van der Waals surface area contributed by atoms with Crippen molar-refractivity contribution in [3.63, 3.8) is 0 Å². The van der Waals surface area contributed by atoms with E-state index in [1.165, 1.54) is 12.8 Å². The Morgan fingerprint density at radius 2 is 1.92 bits per heavy atom. The molecule has 2 heteroatoms. The Hall–Kier alpha value is -0.530. The summed E-state index contributed by atoms with van der Waals surface area (Å²) in [6, 6.07) is 0.503. The highest BCUT2D eigenvalue weighted by Gasteiger charge is 2.36. The summed E-state index contributed by atoms with van der Waals surface area (Å²) in [6.45, 7) is 4.44. The standard InChI is InChI=1S/C11H19NO/c1-7-3-4-9(5-7)11(13)12-10-6-8(10)2/h7-10H,3-6H2,1-2H3,(H,12,13). The quantitative estimate of drug-likeness (QED) is 0.693. The highest BCUT2D eigenvalue weighted by Crippen LogP contribution is 2.33. The Bertz CT molecular complexity index is 214. The molecule has 0 aromatic heterocycles. The molecule has 2 aliphatic carbocycles. The van der Waals surface area contributed by atoms with Gasteiger partial charge in [-0.05, 0) is 37.5 Å². The van der Waals surface area contributed by atoms with Gasteiger partial charge in [0.2, 0.25) is 5.91 Å². The zero-order valence-corrected chi connectivity index (χ0v) is 8.55.